The summed E-state index contributed by atoms with van der Waals surface area (Å²) in [7, 11) is 0. The number of allylic oxidation sites excluding steroid dienone is 3. The largest absolute Gasteiger partial charge is 0.481 e. The molecule has 2 heterocycles. The Kier molecular flexibility index (Phi) is 4.21. The number of hydrogen-bond acceptors (Lipinski definition) is 3. The molecule has 0 atom stereocenters. The third-order valence-electron chi connectivity index (χ3n) is 4.76. The van der Waals surface area contributed by atoms with Gasteiger partial charge in [-0.2, -0.15) is 0 Å². The van der Waals surface area contributed by atoms with Gasteiger partial charge in [0.1, 0.15) is 4.83 Å². The number of pyridine rings is 1. The van der Waals surface area contributed by atoms with Gasteiger partial charge in [-0.3, -0.25) is 4.79 Å². The molecule has 3 nitrogen and oxygen atoms in total. The first-order valence-electron chi connectivity index (χ1n) is 8.61. The van der Waals surface area contributed by atoms with E-state index in [4.69, 9.17) is 4.98 Å². The molecule has 0 saturated heterocycles. The molecule has 0 spiro atoms. The molecule has 130 valence electrons. The fourth-order valence-electron chi connectivity index (χ4n) is 3.51. The van der Waals surface area contributed by atoms with E-state index in [0.29, 0.717) is 0 Å². The topological polar surface area (TPSA) is 50.2 Å². The van der Waals surface area contributed by atoms with Crippen molar-refractivity contribution in [1.29, 1.82) is 0 Å². The number of carboxylic acid groups (broad SMARTS) is 1. The van der Waals surface area contributed by atoms with E-state index in [9.17, 15) is 9.90 Å². The Balaban J connectivity index is 2.10. The smallest absolute Gasteiger partial charge is 0.307 e. The summed E-state index contributed by atoms with van der Waals surface area (Å²) in [5.41, 5.74) is 6.12. The third kappa shape index (κ3) is 2.86. The van der Waals surface area contributed by atoms with Crippen LogP contribution in [-0.2, 0) is 17.6 Å². The van der Waals surface area contributed by atoms with Gasteiger partial charge < -0.3 is 5.11 Å². The van der Waals surface area contributed by atoms with E-state index < -0.39 is 5.97 Å². The van der Waals surface area contributed by atoms with Crippen LogP contribution in [0.5, 0.6) is 0 Å². The fraction of sp³-hybridized carbons (Fsp3) is 0.182. The van der Waals surface area contributed by atoms with Gasteiger partial charge in [-0.05, 0) is 48.6 Å². The fourth-order valence-corrected chi connectivity index (χ4v) is 4.68. The molecule has 0 saturated carbocycles. The molecule has 3 aromatic rings. The molecule has 4 rings (SSSR count). The van der Waals surface area contributed by atoms with Gasteiger partial charge in [0, 0.05) is 16.0 Å². The number of aryl methyl sites for hydroxylation is 2. The second-order valence-electron chi connectivity index (χ2n) is 6.60. The molecule has 0 fully saturated rings. The Morgan fingerprint density at radius 2 is 1.96 bits per heavy atom. The number of benzene rings is 1. The van der Waals surface area contributed by atoms with Crippen molar-refractivity contribution in [1.82, 2.24) is 4.98 Å². The van der Waals surface area contributed by atoms with Crippen molar-refractivity contribution in [3.63, 3.8) is 0 Å². The molecule has 1 N–H and O–H groups in total. The van der Waals surface area contributed by atoms with Gasteiger partial charge in [-0.15, -0.1) is 11.3 Å². The van der Waals surface area contributed by atoms with Crippen LogP contribution in [0.4, 0.5) is 0 Å². The molecule has 2 aromatic heterocycles. The molecular weight excluding hydrogens is 342 g/mol. The Hall–Kier alpha value is -2.72. The normalized spacial score (nSPS) is 13.0. The van der Waals surface area contributed by atoms with Gasteiger partial charge in [-0.1, -0.05) is 48.1 Å². The summed E-state index contributed by atoms with van der Waals surface area (Å²) in [4.78, 5) is 18.5. The van der Waals surface area contributed by atoms with Crippen LogP contribution in [0.15, 0.2) is 42.5 Å². The van der Waals surface area contributed by atoms with Crippen LogP contribution in [0.2, 0.25) is 0 Å². The first kappa shape index (κ1) is 16.7. The highest BCUT2D eigenvalue weighted by molar-refractivity contribution is 7.19. The summed E-state index contributed by atoms with van der Waals surface area (Å²) in [6.45, 7) is 3.97. The van der Waals surface area contributed by atoms with E-state index in [-0.39, 0.29) is 6.42 Å². The summed E-state index contributed by atoms with van der Waals surface area (Å²) in [6, 6.07) is 8.32. The lowest BCUT2D eigenvalue weighted by Crippen LogP contribution is -2.06. The number of carbonyl (C=O) groups is 1. The first-order chi connectivity index (χ1) is 12.5. The standard InChI is InChI=1S/C22H19NO2S/c1-13-8-10-15(11-9-13)20-17(12-19(24)25)14(2)23-22-21(20)16-6-4-3-5-7-18(16)26-22/h3-5,7-11H,6,12H2,1-2H3,(H,24,25). The molecular formula is C22H19NO2S. The minimum Gasteiger partial charge on any atom is -0.481 e. The van der Waals surface area contributed by atoms with Gasteiger partial charge in [-0.25, -0.2) is 4.98 Å². The average Bonchev–Trinajstić information content (AvgIpc) is 2.77. The quantitative estimate of drug-likeness (QED) is 0.686. The van der Waals surface area contributed by atoms with Gasteiger partial charge >= 0.3 is 5.97 Å². The molecule has 0 amide bonds. The number of thiophene rings is 1. The Morgan fingerprint density at radius 1 is 1.19 bits per heavy atom. The van der Waals surface area contributed by atoms with Crippen molar-refractivity contribution in [2.45, 2.75) is 26.7 Å². The maximum absolute atomic E-state index is 11.5. The summed E-state index contributed by atoms with van der Waals surface area (Å²) < 4.78 is 0. The summed E-state index contributed by atoms with van der Waals surface area (Å²) in [5.74, 6) is -0.830. The molecule has 0 unspecified atom stereocenters. The molecule has 1 aromatic carbocycles. The molecule has 0 radical (unpaired) electrons. The van der Waals surface area contributed by atoms with Crippen molar-refractivity contribution in [3.8, 4) is 11.1 Å². The minimum atomic E-state index is -0.830. The van der Waals surface area contributed by atoms with Crippen LogP contribution in [-0.4, -0.2) is 16.1 Å². The van der Waals surface area contributed by atoms with E-state index in [1.165, 1.54) is 16.0 Å². The van der Waals surface area contributed by atoms with Gasteiger partial charge in [0.15, 0.2) is 0 Å². The third-order valence-corrected chi connectivity index (χ3v) is 5.85. The Bertz CT molecular complexity index is 1070. The number of nitrogens with zero attached hydrogens (tertiary/aromatic N) is 1. The van der Waals surface area contributed by atoms with Crippen molar-refractivity contribution < 1.29 is 9.90 Å². The van der Waals surface area contributed by atoms with Crippen molar-refractivity contribution >= 4 is 33.6 Å². The van der Waals surface area contributed by atoms with E-state index in [1.807, 2.05) is 6.92 Å². The number of fused-ring (bicyclic) bond motifs is 3. The zero-order valence-corrected chi connectivity index (χ0v) is 15.6. The highest BCUT2D eigenvalue weighted by Gasteiger charge is 2.22. The van der Waals surface area contributed by atoms with Crippen LogP contribution in [0, 0.1) is 13.8 Å². The molecule has 0 aliphatic heterocycles. The second kappa shape index (κ2) is 6.54. The van der Waals surface area contributed by atoms with E-state index in [1.54, 1.807) is 11.3 Å². The lowest BCUT2D eigenvalue weighted by molar-refractivity contribution is -0.136. The Morgan fingerprint density at radius 3 is 2.69 bits per heavy atom. The van der Waals surface area contributed by atoms with Crippen LogP contribution in [0.1, 0.15) is 27.3 Å². The van der Waals surface area contributed by atoms with Gasteiger partial charge in [0.05, 0.1) is 6.42 Å². The van der Waals surface area contributed by atoms with Crippen LogP contribution in [0.3, 0.4) is 0 Å². The Labute approximate surface area is 156 Å². The molecule has 0 bridgehead atoms. The predicted molar refractivity (Wildman–Crippen MR) is 108 cm³/mol. The van der Waals surface area contributed by atoms with E-state index in [2.05, 4.69) is 55.5 Å². The van der Waals surface area contributed by atoms with Crippen molar-refractivity contribution in [2.24, 2.45) is 0 Å². The first-order valence-corrected chi connectivity index (χ1v) is 9.43. The highest BCUT2D eigenvalue weighted by atomic mass is 32.1. The van der Waals surface area contributed by atoms with Gasteiger partial charge in [0.25, 0.3) is 0 Å². The maximum atomic E-state index is 11.5. The minimum absolute atomic E-state index is 0.0196. The summed E-state index contributed by atoms with van der Waals surface area (Å²) in [6.07, 6.45) is 9.19. The highest BCUT2D eigenvalue weighted by Crippen LogP contribution is 2.42. The van der Waals surface area contributed by atoms with Gasteiger partial charge in [0.2, 0.25) is 0 Å². The lowest BCUT2D eigenvalue weighted by atomic mass is 9.91. The van der Waals surface area contributed by atoms with Crippen LogP contribution in [0.25, 0.3) is 27.4 Å². The number of rotatable bonds is 3. The van der Waals surface area contributed by atoms with E-state index in [0.717, 1.165) is 39.0 Å². The number of aliphatic carboxylic acids is 1. The number of aromatic nitrogens is 1. The van der Waals surface area contributed by atoms with E-state index >= 15 is 0 Å². The summed E-state index contributed by atoms with van der Waals surface area (Å²) >= 11 is 1.68. The van der Waals surface area contributed by atoms with Crippen molar-refractivity contribution in [3.05, 3.63) is 69.8 Å². The lowest BCUT2D eigenvalue weighted by Gasteiger charge is -2.14. The van der Waals surface area contributed by atoms with Crippen LogP contribution < -0.4 is 0 Å². The van der Waals surface area contributed by atoms with Crippen LogP contribution >= 0.6 is 11.3 Å². The number of carboxylic acids is 1. The second-order valence-corrected chi connectivity index (χ2v) is 7.63. The summed E-state index contributed by atoms with van der Waals surface area (Å²) in [5, 5.41) is 10.6. The van der Waals surface area contributed by atoms with Crippen molar-refractivity contribution in [2.75, 3.05) is 0 Å². The zero-order chi connectivity index (χ0) is 18.3. The molecule has 1 aliphatic rings. The maximum Gasteiger partial charge on any atom is 0.307 e. The molecule has 1 aliphatic carbocycles. The average molecular weight is 361 g/mol. The monoisotopic (exact) mass is 361 g/mol. The zero-order valence-electron chi connectivity index (χ0n) is 14.7. The number of hydrogen-bond donors (Lipinski definition) is 1. The molecule has 26 heavy (non-hydrogen) atoms. The molecule has 4 heteroatoms. The SMILES string of the molecule is Cc1ccc(-c2c(CC(=O)O)c(C)nc3sc4c(c23)CC=CC=C4)cc1. The predicted octanol–water partition coefficient (Wildman–Crippen LogP) is 5.33.